The van der Waals surface area contributed by atoms with Gasteiger partial charge < -0.3 is 5.73 Å². The van der Waals surface area contributed by atoms with E-state index in [1.54, 1.807) is 11.8 Å². The molecule has 4 heteroatoms. The Hall–Kier alpha value is -0.850. The minimum Gasteiger partial charge on any atom is -0.398 e. The number of halogens is 1. The number of hydrogen-bond acceptors (Lipinski definition) is 3. The maximum atomic E-state index is 8.36. The molecule has 2 nitrogen and oxygen atoms in total. The molecule has 1 aromatic carbocycles. The highest BCUT2D eigenvalue weighted by molar-refractivity contribution is 7.99. The second-order valence-corrected chi connectivity index (χ2v) is 4.28. The maximum Gasteiger partial charge on any atom is 0.0622 e. The molecule has 74 valence electrons. The molecule has 0 aliphatic heterocycles. The molecular weight excluding hydrogens is 216 g/mol. The zero-order valence-electron chi connectivity index (χ0n) is 7.66. The zero-order chi connectivity index (χ0) is 10.4. The molecule has 0 saturated heterocycles. The molecule has 0 fully saturated rings. The number of nitriles is 1. The van der Waals surface area contributed by atoms with E-state index >= 15 is 0 Å². The van der Waals surface area contributed by atoms with Crippen LogP contribution in [0.3, 0.4) is 0 Å². The Morgan fingerprint density at radius 3 is 2.93 bits per heavy atom. The normalized spacial score (nSPS) is 9.71. The third kappa shape index (κ3) is 3.13. The first kappa shape index (κ1) is 11.2. The highest BCUT2D eigenvalue weighted by Gasteiger charge is 2.03. The number of hydrogen-bond donors (Lipinski definition) is 1. The average molecular weight is 227 g/mol. The summed E-state index contributed by atoms with van der Waals surface area (Å²) in [6.07, 6.45) is 1.45. The van der Waals surface area contributed by atoms with Gasteiger partial charge in [-0.15, -0.1) is 11.8 Å². The molecule has 0 saturated carbocycles. The fourth-order valence-electron chi connectivity index (χ4n) is 1.00. The van der Waals surface area contributed by atoms with Crippen LogP contribution in [0.25, 0.3) is 0 Å². The number of nitrogens with zero attached hydrogens (tertiary/aromatic N) is 1. The van der Waals surface area contributed by atoms with Crippen LogP contribution in [0.2, 0.25) is 5.02 Å². The molecule has 2 N–H and O–H groups in total. The van der Waals surface area contributed by atoms with Gasteiger partial charge in [-0.2, -0.15) is 5.26 Å². The van der Waals surface area contributed by atoms with Crippen LogP contribution >= 0.6 is 23.4 Å². The van der Waals surface area contributed by atoms with Gasteiger partial charge in [0, 0.05) is 17.0 Å². The molecule has 0 radical (unpaired) electrons. The number of nitrogens with two attached hydrogens (primary N) is 1. The van der Waals surface area contributed by atoms with E-state index in [0.717, 1.165) is 17.1 Å². The van der Waals surface area contributed by atoms with Gasteiger partial charge in [0.15, 0.2) is 0 Å². The minimum absolute atomic E-state index is 0.581. The van der Waals surface area contributed by atoms with Gasteiger partial charge in [0.05, 0.1) is 11.1 Å². The third-order valence-corrected chi connectivity index (χ3v) is 3.34. The van der Waals surface area contributed by atoms with E-state index in [0.29, 0.717) is 17.1 Å². The number of benzene rings is 1. The number of anilines is 1. The predicted molar refractivity (Wildman–Crippen MR) is 61.4 cm³/mol. The third-order valence-electron chi connectivity index (χ3n) is 1.68. The van der Waals surface area contributed by atoms with Gasteiger partial charge in [0.2, 0.25) is 0 Å². The summed E-state index contributed by atoms with van der Waals surface area (Å²) >= 11 is 7.58. The molecule has 0 heterocycles. The van der Waals surface area contributed by atoms with Crippen LogP contribution in [0, 0.1) is 11.3 Å². The second-order valence-electron chi connectivity index (χ2n) is 2.77. The van der Waals surface area contributed by atoms with Crippen LogP contribution in [0.1, 0.15) is 12.8 Å². The predicted octanol–water partition coefficient (Wildman–Crippen LogP) is 3.32. The van der Waals surface area contributed by atoms with Gasteiger partial charge in [-0.1, -0.05) is 17.7 Å². The lowest BCUT2D eigenvalue weighted by molar-refractivity contribution is 0.981. The van der Waals surface area contributed by atoms with Gasteiger partial charge in [0.1, 0.15) is 0 Å². The van der Waals surface area contributed by atoms with E-state index in [9.17, 15) is 0 Å². The lowest BCUT2D eigenvalue weighted by atomic mass is 10.3. The van der Waals surface area contributed by atoms with Crippen molar-refractivity contribution in [2.45, 2.75) is 17.7 Å². The van der Waals surface area contributed by atoms with E-state index in [1.165, 1.54) is 0 Å². The summed E-state index contributed by atoms with van der Waals surface area (Å²) in [5, 5.41) is 9.05. The molecular formula is C10H11ClN2S. The summed E-state index contributed by atoms with van der Waals surface area (Å²) < 4.78 is 0. The Labute approximate surface area is 93.1 Å². The van der Waals surface area contributed by atoms with Crippen molar-refractivity contribution in [3.8, 4) is 6.07 Å². The Bertz CT molecular complexity index is 326. The van der Waals surface area contributed by atoms with Gasteiger partial charge in [-0.3, -0.25) is 0 Å². The van der Waals surface area contributed by atoms with Crippen LogP contribution in [-0.4, -0.2) is 5.75 Å². The Morgan fingerprint density at radius 1 is 1.50 bits per heavy atom. The first-order chi connectivity index (χ1) is 6.75. The quantitative estimate of drug-likeness (QED) is 0.487. The SMILES string of the molecule is N#CCCCSc1c(N)cccc1Cl. The van der Waals surface area contributed by atoms with Crippen molar-refractivity contribution in [2.24, 2.45) is 0 Å². The van der Waals surface area contributed by atoms with Crippen molar-refractivity contribution in [2.75, 3.05) is 11.5 Å². The highest BCUT2D eigenvalue weighted by Crippen LogP contribution is 2.32. The van der Waals surface area contributed by atoms with Crippen molar-refractivity contribution in [3.05, 3.63) is 23.2 Å². The lowest BCUT2D eigenvalue weighted by Crippen LogP contribution is -1.89. The van der Waals surface area contributed by atoms with Gasteiger partial charge in [0.25, 0.3) is 0 Å². The molecule has 0 amide bonds. The molecule has 0 aromatic heterocycles. The summed E-state index contributed by atoms with van der Waals surface area (Å²) in [5.41, 5.74) is 6.47. The van der Waals surface area contributed by atoms with Crippen molar-refractivity contribution < 1.29 is 0 Å². The Kier molecular flexibility index (Phi) is 4.64. The number of nitrogen functional groups attached to an aromatic ring is 1. The lowest BCUT2D eigenvalue weighted by Gasteiger charge is -2.06. The summed E-state index contributed by atoms with van der Waals surface area (Å²) in [4.78, 5) is 0.923. The van der Waals surface area contributed by atoms with Gasteiger partial charge in [-0.05, 0) is 24.3 Å². The molecule has 0 aliphatic rings. The van der Waals surface area contributed by atoms with E-state index in [4.69, 9.17) is 22.6 Å². The molecule has 1 rings (SSSR count). The van der Waals surface area contributed by atoms with E-state index < -0.39 is 0 Å². The zero-order valence-corrected chi connectivity index (χ0v) is 9.24. The topological polar surface area (TPSA) is 49.8 Å². The summed E-state index contributed by atoms with van der Waals surface area (Å²) in [6.45, 7) is 0. The fourth-order valence-corrected chi connectivity index (χ4v) is 2.28. The van der Waals surface area contributed by atoms with Gasteiger partial charge in [-0.25, -0.2) is 0 Å². The summed E-state index contributed by atoms with van der Waals surface area (Å²) in [6, 6.07) is 7.59. The van der Waals surface area contributed by atoms with Crippen LogP contribution in [0.4, 0.5) is 5.69 Å². The molecule has 0 spiro atoms. The maximum absolute atomic E-state index is 8.36. The van der Waals surface area contributed by atoms with Crippen molar-refractivity contribution in [1.29, 1.82) is 5.26 Å². The largest absolute Gasteiger partial charge is 0.398 e. The van der Waals surface area contributed by atoms with Crippen LogP contribution < -0.4 is 5.73 Å². The number of rotatable bonds is 4. The molecule has 0 bridgehead atoms. The van der Waals surface area contributed by atoms with Crippen LogP contribution in [0.5, 0.6) is 0 Å². The molecule has 0 atom stereocenters. The monoisotopic (exact) mass is 226 g/mol. The molecule has 1 aromatic rings. The van der Waals surface area contributed by atoms with Crippen LogP contribution in [0.15, 0.2) is 23.1 Å². The minimum atomic E-state index is 0.581. The fraction of sp³-hybridized carbons (Fsp3) is 0.300. The average Bonchev–Trinajstić information content (AvgIpc) is 2.16. The Balaban J connectivity index is 2.54. The smallest absolute Gasteiger partial charge is 0.0622 e. The van der Waals surface area contributed by atoms with Crippen LogP contribution in [-0.2, 0) is 0 Å². The molecule has 14 heavy (non-hydrogen) atoms. The first-order valence-electron chi connectivity index (χ1n) is 4.29. The van der Waals surface area contributed by atoms with E-state index in [-0.39, 0.29) is 0 Å². The van der Waals surface area contributed by atoms with E-state index in [2.05, 4.69) is 6.07 Å². The van der Waals surface area contributed by atoms with Crippen molar-refractivity contribution >= 4 is 29.1 Å². The first-order valence-corrected chi connectivity index (χ1v) is 5.66. The standard InChI is InChI=1S/C10H11ClN2S/c11-8-4-3-5-9(13)10(8)14-7-2-1-6-12/h3-5H,1-2,7,13H2. The number of thioether (sulfide) groups is 1. The van der Waals surface area contributed by atoms with E-state index in [1.807, 2.05) is 18.2 Å². The molecule has 0 aliphatic carbocycles. The van der Waals surface area contributed by atoms with Gasteiger partial charge >= 0.3 is 0 Å². The molecule has 0 unspecified atom stereocenters. The van der Waals surface area contributed by atoms with Crippen molar-refractivity contribution in [1.82, 2.24) is 0 Å². The highest BCUT2D eigenvalue weighted by atomic mass is 35.5. The Morgan fingerprint density at radius 2 is 2.29 bits per heavy atom. The second kappa shape index (κ2) is 5.79. The number of unbranched alkanes of at least 4 members (excludes halogenated alkanes) is 1. The summed E-state index contributed by atoms with van der Waals surface area (Å²) in [7, 11) is 0. The summed E-state index contributed by atoms with van der Waals surface area (Å²) in [5.74, 6) is 0.876. The van der Waals surface area contributed by atoms with Crippen molar-refractivity contribution in [3.63, 3.8) is 0 Å².